The summed E-state index contributed by atoms with van der Waals surface area (Å²) in [6, 6.07) is 1.31. The molecule has 4 N–H and O–H groups in total. The molecule has 7 nitrogen and oxygen atoms in total. The molecule has 1 atom stereocenters. The third-order valence-corrected chi connectivity index (χ3v) is 2.88. The van der Waals surface area contributed by atoms with Crippen LogP contribution in [0.2, 0.25) is 0 Å². The van der Waals surface area contributed by atoms with Gasteiger partial charge in [0, 0.05) is 37.9 Å². The van der Waals surface area contributed by atoms with Crippen LogP contribution in [-0.2, 0) is 13.1 Å². The van der Waals surface area contributed by atoms with Crippen molar-refractivity contribution in [2.24, 2.45) is 0 Å². The molecule has 20 heavy (non-hydrogen) atoms. The van der Waals surface area contributed by atoms with Crippen LogP contribution in [0.3, 0.4) is 0 Å². The molecule has 1 unspecified atom stereocenters. The summed E-state index contributed by atoms with van der Waals surface area (Å²) in [5.41, 5.74) is 0.116. The van der Waals surface area contributed by atoms with Crippen LogP contribution >= 0.6 is 0 Å². The van der Waals surface area contributed by atoms with Crippen molar-refractivity contribution in [1.82, 2.24) is 9.47 Å². The van der Waals surface area contributed by atoms with Crippen LogP contribution in [0.4, 0.5) is 0 Å². The van der Waals surface area contributed by atoms with Crippen LogP contribution in [0.5, 0.6) is 5.75 Å². The van der Waals surface area contributed by atoms with Gasteiger partial charge in [-0.15, -0.1) is 0 Å². The van der Waals surface area contributed by atoms with Crippen molar-refractivity contribution in [3.63, 3.8) is 0 Å². The smallest absolute Gasteiger partial charge is 0.223 e. The van der Waals surface area contributed by atoms with Gasteiger partial charge >= 0.3 is 0 Å². The molecule has 0 radical (unpaired) electrons. The van der Waals surface area contributed by atoms with Gasteiger partial charge < -0.3 is 25.0 Å². The minimum absolute atomic E-state index is 0.0568. The lowest BCUT2D eigenvalue weighted by atomic mass is 10.2. The molecule has 114 valence electrons. The molecule has 0 saturated heterocycles. The van der Waals surface area contributed by atoms with E-state index in [1.807, 2.05) is 0 Å². The monoisotopic (exact) mass is 286 g/mol. The fraction of sp³-hybridized carbons (Fsp3) is 0.615. The standard InChI is InChI=1S/C13H22N2O5/c1-10(18)7-15-9-13(20)12(19)6-11(15)8-14(2-4-16)3-5-17/h6,9-10,16-18,20H,2-5,7-8H2,1H3. The highest BCUT2D eigenvalue weighted by Crippen LogP contribution is 2.09. The lowest BCUT2D eigenvalue weighted by Crippen LogP contribution is -2.32. The van der Waals surface area contributed by atoms with Crippen molar-refractivity contribution in [2.45, 2.75) is 26.1 Å². The van der Waals surface area contributed by atoms with Gasteiger partial charge in [0.05, 0.1) is 25.5 Å². The van der Waals surface area contributed by atoms with Gasteiger partial charge in [0.1, 0.15) is 0 Å². The molecule has 0 saturated carbocycles. The van der Waals surface area contributed by atoms with Gasteiger partial charge in [-0.2, -0.15) is 0 Å². The van der Waals surface area contributed by atoms with E-state index >= 15 is 0 Å². The fourth-order valence-corrected chi connectivity index (χ4v) is 1.98. The molecule has 0 aromatic carbocycles. The van der Waals surface area contributed by atoms with Gasteiger partial charge in [0.25, 0.3) is 0 Å². The van der Waals surface area contributed by atoms with Crippen LogP contribution in [0.1, 0.15) is 12.6 Å². The van der Waals surface area contributed by atoms with Gasteiger partial charge in [0.15, 0.2) is 5.75 Å². The predicted molar refractivity (Wildman–Crippen MR) is 73.5 cm³/mol. The molecule has 1 rings (SSSR count). The third-order valence-electron chi connectivity index (χ3n) is 2.88. The molecule has 7 heteroatoms. The molecule has 0 aliphatic carbocycles. The molecular weight excluding hydrogens is 264 g/mol. The molecule has 1 aromatic heterocycles. The summed E-state index contributed by atoms with van der Waals surface area (Å²) in [5.74, 6) is -0.370. The van der Waals surface area contributed by atoms with Crippen LogP contribution in [0, 0.1) is 0 Å². The van der Waals surface area contributed by atoms with E-state index in [1.165, 1.54) is 12.3 Å². The van der Waals surface area contributed by atoms with Crippen molar-refractivity contribution in [1.29, 1.82) is 0 Å². The highest BCUT2D eigenvalue weighted by atomic mass is 16.3. The molecule has 0 aliphatic rings. The minimum atomic E-state index is -0.625. The van der Waals surface area contributed by atoms with Crippen molar-refractivity contribution >= 4 is 0 Å². The Labute approximate surface area is 117 Å². The maximum atomic E-state index is 11.5. The molecule has 0 amide bonds. The summed E-state index contributed by atoms with van der Waals surface area (Å²) in [6.45, 7) is 2.81. The zero-order valence-corrected chi connectivity index (χ0v) is 11.6. The predicted octanol–water partition coefficient (Wildman–Crippen LogP) is -1.28. The number of hydrogen-bond acceptors (Lipinski definition) is 6. The number of pyridine rings is 1. The molecule has 0 spiro atoms. The van der Waals surface area contributed by atoms with Gasteiger partial charge in [0.2, 0.25) is 5.43 Å². The van der Waals surface area contributed by atoms with Crippen LogP contribution < -0.4 is 5.43 Å². The van der Waals surface area contributed by atoms with Crippen LogP contribution in [0.15, 0.2) is 17.1 Å². The summed E-state index contributed by atoms with van der Waals surface area (Å²) < 4.78 is 1.60. The molecule has 1 aromatic rings. The summed E-state index contributed by atoms with van der Waals surface area (Å²) in [6.07, 6.45) is 0.667. The molecule has 0 aliphatic heterocycles. The lowest BCUT2D eigenvalue weighted by Gasteiger charge is -2.23. The normalized spacial score (nSPS) is 12.8. The SMILES string of the molecule is CC(O)Cn1cc(O)c(=O)cc1CN(CCO)CCO. The second-order valence-corrected chi connectivity index (χ2v) is 4.74. The molecule has 1 heterocycles. The zero-order chi connectivity index (χ0) is 15.1. The number of hydrogen-bond donors (Lipinski definition) is 4. The second kappa shape index (κ2) is 8.01. The van der Waals surface area contributed by atoms with Crippen LogP contribution in [-0.4, -0.2) is 62.3 Å². The van der Waals surface area contributed by atoms with Crippen molar-refractivity contribution in [3.8, 4) is 5.75 Å². The Bertz CT molecular complexity index is 466. The van der Waals surface area contributed by atoms with Gasteiger partial charge in [-0.25, -0.2) is 0 Å². The van der Waals surface area contributed by atoms with E-state index in [-0.39, 0.29) is 25.5 Å². The number of rotatable bonds is 8. The first-order valence-corrected chi connectivity index (χ1v) is 6.52. The van der Waals surface area contributed by atoms with E-state index in [0.717, 1.165) is 0 Å². The largest absolute Gasteiger partial charge is 0.503 e. The maximum absolute atomic E-state index is 11.5. The summed E-state index contributed by atoms with van der Waals surface area (Å²) in [4.78, 5) is 13.3. The van der Waals surface area contributed by atoms with Gasteiger partial charge in [-0.3, -0.25) is 9.69 Å². The Balaban J connectivity index is 3.01. The Morgan fingerprint density at radius 3 is 2.40 bits per heavy atom. The third kappa shape index (κ3) is 4.93. The lowest BCUT2D eigenvalue weighted by molar-refractivity contribution is 0.147. The zero-order valence-electron chi connectivity index (χ0n) is 11.6. The van der Waals surface area contributed by atoms with Crippen molar-refractivity contribution in [3.05, 3.63) is 28.2 Å². The Morgan fingerprint density at radius 1 is 1.30 bits per heavy atom. The highest BCUT2D eigenvalue weighted by Gasteiger charge is 2.12. The minimum Gasteiger partial charge on any atom is -0.503 e. The Kier molecular flexibility index (Phi) is 6.66. The number of nitrogens with zero attached hydrogens (tertiary/aromatic N) is 2. The van der Waals surface area contributed by atoms with Gasteiger partial charge in [-0.1, -0.05) is 0 Å². The van der Waals surface area contributed by atoms with E-state index in [1.54, 1.807) is 16.4 Å². The Morgan fingerprint density at radius 2 is 1.90 bits per heavy atom. The topological polar surface area (TPSA) is 106 Å². The van der Waals surface area contributed by atoms with E-state index in [9.17, 15) is 15.0 Å². The van der Waals surface area contributed by atoms with Crippen LogP contribution in [0.25, 0.3) is 0 Å². The number of aliphatic hydroxyl groups is 3. The number of aromatic nitrogens is 1. The van der Waals surface area contributed by atoms with E-state index in [0.29, 0.717) is 25.3 Å². The quantitative estimate of drug-likeness (QED) is 0.474. The van der Waals surface area contributed by atoms with Gasteiger partial charge in [-0.05, 0) is 6.92 Å². The molecule has 0 fully saturated rings. The summed E-state index contributed by atoms with van der Waals surface area (Å²) >= 11 is 0. The van der Waals surface area contributed by atoms with E-state index < -0.39 is 11.5 Å². The average molecular weight is 286 g/mol. The summed E-state index contributed by atoms with van der Waals surface area (Å²) in [5, 5.41) is 36.9. The first kappa shape index (κ1) is 16.6. The Hall–Kier alpha value is -1.41. The van der Waals surface area contributed by atoms with E-state index in [4.69, 9.17) is 10.2 Å². The number of aromatic hydroxyl groups is 1. The highest BCUT2D eigenvalue weighted by molar-refractivity contribution is 5.20. The first-order chi connectivity index (χ1) is 9.47. The molecular formula is C13H22N2O5. The first-order valence-electron chi connectivity index (χ1n) is 6.52. The maximum Gasteiger partial charge on any atom is 0.223 e. The average Bonchev–Trinajstić information content (AvgIpc) is 2.35. The van der Waals surface area contributed by atoms with E-state index in [2.05, 4.69) is 0 Å². The summed E-state index contributed by atoms with van der Waals surface area (Å²) in [7, 11) is 0. The van der Waals surface area contributed by atoms with Crippen molar-refractivity contribution < 1.29 is 20.4 Å². The fourth-order valence-electron chi connectivity index (χ4n) is 1.98. The van der Waals surface area contributed by atoms with Crippen molar-refractivity contribution in [2.75, 3.05) is 26.3 Å². The number of aliphatic hydroxyl groups excluding tert-OH is 3. The molecule has 0 bridgehead atoms. The second-order valence-electron chi connectivity index (χ2n) is 4.74.